The summed E-state index contributed by atoms with van der Waals surface area (Å²) in [6.45, 7) is 0. The summed E-state index contributed by atoms with van der Waals surface area (Å²) in [6.07, 6.45) is 11.1. The predicted octanol–water partition coefficient (Wildman–Crippen LogP) is 2.94. The Kier molecular flexibility index (Phi) is 3.30. The van der Waals surface area contributed by atoms with Gasteiger partial charge in [0.1, 0.15) is 5.82 Å². The number of anilines is 1. The molecule has 2 aromatic rings. The van der Waals surface area contributed by atoms with Gasteiger partial charge in [-0.05, 0) is 38.5 Å². The Bertz CT molecular complexity index is 654. The molecule has 2 aliphatic rings. The van der Waals surface area contributed by atoms with Crippen LogP contribution in [0.3, 0.4) is 0 Å². The van der Waals surface area contributed by atoms with Crippen LogP contribution in [0.25, 0.3) is 5.65 Å². The second kappa shape index (κ2) is 5.30. The van der Waals surface area contributed by atoms with Crippen molar-refractivity contribution in [3.8, 4) is 0 Å². The molecule has 0 aromatic carbocycles. The molecule has 2 aromatic heterocycles. The second-order valence-electron chi connectivity index (χ2n) is 6.41. The lowest BCUT2D eigenvalue weighted by atomic mass is 9.87. The van der Waals surface area contributed by atoms with Crippen molar-refractivity contribution in [2.45, 2.75) is 63.7 Å². The van der Waals surface area contributed by atoms with E-state index in [1.54, 1.807) is 0 Å². The first-order valence-electron chi connectivity index (χ1n) is 8.25. The van der Waals surface area contributed by atoms with E-state index < -0.39 is 0 Å². The number of hydrogen-bond acceptors (Lipinski definition) is 4. The van der Waals surface area contributed by atoms with Gasteiger partial charge in [0.15, 0.2) is 5.65 Å². The van der Waals surface area contributed by atoms with Crippen LogP contribution in [0.5, 0.6) is 0 Å². The van der Waals surface area contributed by atoms with Gasteiger partial charge in [0.05, 0.1) is 5.69 Å². The van der Waals surface area contributed by atoms with Gasteiger partial charge in [0, 0.05) is 23.2 Å². The zero-order valence-electron chi connectivity index (χ0n) is 12.4. The lowest BCUT2D eigenvalue weighted by molar-refractivity contribution is 0.435. The molecule has 1 fully saturated rings. The highest BCUT2D eigenvalue weighted by atomic mass is 15.4. The molecule has 21 heavy (non-hydrogen) atoms. The van der Waals surface area contributed by atoms with Crippen molar-refractivity contribution in [3.63, 3.8) is 0 Å². The molecular formula is C16H23N5. The monoisotopic (exact) mass is 285 g/mol. The SMILES string of the molecule is NNc1c2c(nc3cc(C4CCCCC4)nn13)CCCC2. The van der Waals surface area contributed by atoms with Crippen molar-refractivity contribution in [2.24, 2.45) is 5.84 Å². The van der Waals surface area contributed by atoms with Crippen LogP contribution in [0.2, 0.25) is 0 Å². The summed E-state index contributed by atoms with van der Waals surface area (Å²) in [5, 5.41) is 4.83. The first-order valence-corrected chi connectivity index (χ1v) is 8.25. The standard InChI is InChI=1S/C16H23N5/c17-19-16-12-8-4-5-9-13(12)18-15-10-14(20-21(15)16)11-6-2-1-3-7-11/h10-11,19H,1-9,17H2. The van der Waals surface area contributed by atoms with E-state index in [0.29, 0.717) is 5.92 Å². The third kappa shape index (κ3) is 2.20. The summed E-state index contributed by atoms with van der Waals surface area (Å²) < 4.78 is 1.92. The summed E-state index contributed by atoms with van der Waals surface area (Å²) in [6, 6.07) is 2.17. The van der Waals surface area contributed by atoms with Crippen LogP contribution in [-0.4, -0.2) is 14.6 Å². The molecule has 0 radical (unpaired) electrons. The molecule has 3 N–H and O–H groups in total. The number of nitrogen functional groups attached to an aromatic ring is 1. The molecule has 2 heterocycles. The zero-order valence-corrected chi connectivity index (χ0v) is 12.4. The van der Waals surface area contributed by atoms with E-state index >= 15 is 0 Å². The fraction of sp³-hybridized carbons (Fsp3) is 0.625. The Labute approximate surface area is 124 Å². The van der Waals surface area contributed by atoms with Gasteiger partial charge in [-0.1, -0.05) is 19.3 Å². The highest BCUT2D eigenvalue weighted by Crippen LogP contribution is 2.34. The minimum Gasteiger partial charge on any atom is -0.308 e. The Morgan fingerprint density at radius 3 is 2.71 bits per heavy atom. The normalized spacial score (nSPS) is 19.7. The van der Waals surface area contributed by atoms with Crippen LogP contribution in [0, 0.1) is 0 Å². The quantitative estimate of drug-likeness (QED) is 0.657. The summed E-state index contributed by atoms with van der Waals surface area (Å²) in [5.74, 6) is 7.33. The molecule has 5 nitrogen and oxygen atoms in total. The third-order valence-electron chi connectivity index (χ3n) is 5.06. The van der Waals surface area contributed by atoms with E-state index in [1.807, 2.05) is 4.52 Å². The van der Waals surface area contributed by atoms with Crippen LogP contribution in [-0.2, 0) is 12.8 Å². The molecule has 0 atom stereocenters. The Balaban J connectivity index is 1.82. The van der Waals surface area contributed by atoms with E-state index in [2.05, 4.69) is 11.5 Å². The molecule has 0 spiro atoms. The summed E-state index contributed by atoms with van der Waals surface area (Å²) >= 11 is 0. The smallest absolute Gasteiger partial charge is 0.157 e. The van der Waals surface area contributed by atoms with Crippen molar-refractivity contribution >= 4 is 11.5 Å². The van der Waals surface area contributed by atoms with Crippen LogP contribution in [0.15, 0.2) is 6.07 Å². The van der Waals surface area contributed by atoms with Gasteiger partial charge in [0.25, 0.3) is 0 Å². The molecule has 0 aliphatic heterocycles. The first kappa shape index (κ1) is 13.1. The fourth-order valence-corrected chi connectivity index (χ4v) is 3.91. The number of aromatic nitrogens is 3. The van der Waals surface area contributed by atoms with Gasteiger partial charge in [0.2, 0.25) is 0 Å². The molecule has 112 valence electrons. The predicted molar refractivity (Wildman–Crippen MR) is 83.3 cm³/mol. The maximum Gasteiger partial charge on any atom is 0.157 e. The van der Waals surface area contributed by atoms with Crippen LogP contribution >= 0.6 is 0 Å². The van der Waals surface area contributed by atoms with Gasteiger partial charge in [-0.25, -0.2) is 10.8 Å². The maximum atomic E-state index is 5.79. The number of fused-ring (bicyclic) bond motifs is 2. The van der Waals surface area contributed by atoms with Gasteiger partial charge >= 0.3 is 0 Å². The summed E-state index contributed by atoms with van der Waals surface area (Å²) in [7, 11) is 0. The van der Waals surface area contributed by atoms with E-state index in [-0.39, 0.29) is 0 Å². The lowest BCUT2D eigenvalue weighted by Crippen LogP contribution is -2.19. The van der Waals surface area contributed by atoms with E-state index in [0.717, 1.165) is 24.3 Å². The van der Waals surface area contributed by atoms with Gasteiger partial charge in [-0.3, -0.25) is 0 Å². The Hall–Kier alpha value is -1.62. The molecule has 5 heteroatoms. The second-order valence-corrected chi connectivity index (χ2v) is 6.41. The highest BCUT2D eigenvalue weighted by molar-refractivity contribution is 5.56. The number of hydrazine groups is 1. The van der Waals surface area contributed by atoms with E-state index in [1.165, 1.54) is 61.9 Å². The molecular weight excluding hydrogens is 262 g/mol. The van der Waals surface area contributed by atoms with Crippen molar-refractivity contribution < 1.29 is 0 Å². The highest BCUT2D eigenvalue weighted by Gasteiger charge is 2.22. The summed E-state index contributed by atoms with van der Waals surface area (Å²) in [5.41, 5.74) is 7.48. The van der Waals surface area contributed by atoms with Gasteiger partial charge in [-0.2, -0.15) is 9.61 Å². The largest absolute Gasteiger partial charge is 0.308 e. The van der Waals surface area contributed by atoms with Crippen LogP contribution in [0.4, 0.5) is 5.82 Å². The Morgan fingerprint density at radius 2 is 1.90 bits per heavy atom. The maximum absolute atomic E-state index is 5.79. The minimum atomic E-state index is 0.600. The number of aryl methyl sites for hydroxylation is 1. The Morgan fingerprint density at radius 1 is 1.10 bits per heavy atom. The first-order chi connectivity index (χ1) is 10.4. The molecule has 4 rings (SSSR count). The van der Waals surface area contributed by atoms with E-state index in [9.17, 15) is 0 Å². The minimum absolute atomic E-state index is 0.600. The average Bonchev–Trinajstić information content (AvgIpc) is 2.97. The molecule has 0 bridgehead atoms. The van der Waals surface area contributed by atoms with Crippen molar-refractivity contribution in [2.75, 3.05) is 5.43 Å². The van der Waals surface area contributed by atoms with Crippen LogP contribution < -0.4 is 11.3 Å². The molecule has 0 saturated heterocycles. The topological polar surface area (TPSA) is 68.2 Å². The van der Waals surface area contributed by atoms with Gasteiger partial charge in [-0.15, -0.1) is 0 Å². The number of rotatable bonds is 2. The van der Waals surface area contributed by atoms with Crippen molar-refractivity contribution in [1.29, 1.82) is 0 Å². The number of nitrogens with one attached hydrogen (secondary N) is 1. The lowest BCUT2D eigenvalue weighted by Gasteiger charge is -2.19. The molecule has 0 amide bonds. The van der Waals surface area contributed by atoms with E-state index in [4.69, 9.17) is 15.9 Å². The zero-order chi connectivity index (χ0) is 14.2. The van der Waals surface area contributed by atoms with Crippen molar-refractivity contribution in [3.05, 3.63) is 23.0 Å². The van der Waals surface area contributed by atoms with Crippen molar-refractivity contribution in [1.82, 2.24) is 14.6 Å². The number of nitrogens with two attached hydrogens (primary N) is 1. The average molecular weight is 285 g/mol. The number of nitrogens with zero attached hydrogens (tertiary/aromatic N) is 3. The fourth-order valence-electron chi connectivity index (χ4n) is 3.91. The third-order valence-corrected chi connectivity index (χ3v) is 5.06. The molecule has 1 saturated carbocycles. The summed E-state index contributed by atoms with van der Waals surface area (Å²) in [4.78, 5) is 4.84. The molecule has 2 aliphatic carbocycles. The number of hydrogen-bond donors (Lipinski definition) is 2. The van der Waals surface area contributed by atoms with Crippen LogP contribution in [0.1, 0.15) is 67.8 Å². The molecule has 0 unspecified atom stereocenters. The van der Waals surface area contributed by atoms with Gasteiger partial charge < -0.3 is 5.43 Å².